The first-order valence-electron chi connectivity index (χ1n) is 6.72. The van der Waals surface area contributed by atoms with E-state index >= 15 is 0 Å². The topological polar surface area (TPSA) is 34.4 Å². The van der Waals surface area contributed by atoms with Crippen LogP contribution in [0.3, 0.4) is 0 Å². The SMILES string of the molecule is C[C@@H](OCCCC1CCNCC1)c1ccco1. The van der Waals surface area contributed by atoms with Crippen molar-refractivity contribution in [3.8, 4) is 0 Å². The Morgan fingerprint density at radius 1 is 1.47 bits per heavy atom. The molecule has 1 saturated heterocycles. The van der Waals surface area contributed by atoms with Gasteiger partial charge < -0.3 is 14.5 Å². The van der Waals surface area contributed by atoms with Crippen molar-refractivity contribution in [2.75, 3.05) is 19.7 Å². The standard InChI is InChI=1S/C14H23NO2/c1-12(14-5-3-11-17-14)16-10-2-4-13-6-8-15-9-7-13/h3,5,11-13,15H,2,4,6-10H2,1H3/t12-/m1/s1. The van der Waals surface area contributed by atoms with Crippen LogP contribution in [0, 0.1) is 5.92 Å². The number of hydrogen-bond acceptors (Lipinski definition) is 3. The molecule has 1 aliphatic heterocycles. The minimum atomic E-state index is 0.0815. The van der Waals surface area contributed by atoms with Crippen LogP contribution in [-0.4, -0.2) is 19.7 Å². The molecule has 1 atom stereocenters. The molecular formula is C14H23NO2. The Balaban J connectivity index is 1.56. The molecule has 0 aliphatic carbocycles. The van der Waals surface area contributed by atoms with Crippen LogP contribution < -0.4 is 5.32 Å². The highest BCUT2D eigenvalue weighted by Gasteiger charge is 2.13. The first-order chi connectivity index (χ1) is 8.36. The molecule has 0 unspecified atom stereocenters. The van der Waals surface area contributed by atoms with Gasteiger partial charge in [-0.15, -0.1) is 0 Å². The Hall–Kier alpha value is -0.800. The molecule has 1 aromatic heterocycles. The van der Waals surface area contributed by atoms with Crippen LogP contribution in [0.2, 0.25) is 0 Å². The van der Waals surface area contributed by atoms with Crippen LogP contribution in [0.15, 0.2) is 22.8 Å². The molecule has 1 aliphatic rings. The van der Waals surface area contributed by atoms with Gasteiger partial charge in [-0.25, -0.2) is 0 Å². The summed E-state index contributed by atoms with van der Waals surface area (Å²) in [5.41, 5.74) is 0. The van der Waals surface area contributed by atoms with E-state index in [-0.39, 0.29) is 6.10 Å². The summed E-state index contributed by atoms with van der Waals surface area (Å²) in [6.07, 6.45) is 6.89. The van der Waals surface area contributed by atoms with E-state index < -0.39 is 0 Å². The summed E-state index contributed by atoms with van der Waals surface area (Å²) >= 11 is 0. The molecule has 0 saturated carbocycles. The van der Waals surface area contributed by atoms with Crippen molar-refractivity contribution in [3.63, 3.8) is 0 Å². The van der Waals surface area contributed by atoms with Crippen molar-refractivity contribution in [1.82, 2.24) is 5.32 Å². The lowest BCUT2D eigenvalue weighted by Gasteiger charge is -2.22. The van der Waals surface area contributed by atoms with E-state index in [1.165, 1.54) is 32.4 Å². The molecule has 1 fully saturated rings. The number of furan rings is 1. The highest BCUT2D eigenvalue weighted by atomic mass is 16.5. The number of nitrogens with one attached hydrogen (secondary N) is 1. The molecule has 3 nitrogen and oxygen atoms in total. The molecule has 2 rings (SSSR count). The van der Waals surface area contributed by atoms with Crippen molar-refractivity contribution >= 4 is 0 Å². The third kappa shape index (κ3) is 4.17. The van der Waals surface area contributed by atoms with Gasteiger partial charge >= 0.3 is 0 Å². The first-order valence-corrected chi connectivity index (χ1v) is 6.72. The maximum Gasteiger partial charge on any atom is 0.132 e. The van der Waals surface area contributed by atoms with Crippen molar-refractivity contribution in [3.05, 3.63) is 24.2 Å². The second-order valence-corrected chi connectivity index (χ2v) is 4.86. The number of hydrogen-bond donors (Lipinski definition) is 1. The quantitative estimate of drug-likeness (QED) is 0.772. The lowest BCUT2D eigenvalue weighted by atomic mass is 9.93. The summed E-state index contributed by atoms with van der Waals surface area (Å²) in [5, 5.41) is 3.40. The highest BCUT2D eigenvalue weighted by Crippen LogP contribution is 2.20. The van der Waals surface area contributed by atoms with E-state index in [0.717, 1.165) is 24.7 Å². The molecular weight excluding hydrogens is 214 g/mol. The monoisotopic (exact) mass is 237 g/mol. The van der Waals surface area contributed by atoms with Gasteiger partial charge in [0.1, 0.15) is 11.9 Å². The van der Waals surface area contributed by atoms with E-state index in [9.17, 15) is 0 Å². The van der Waals surface area contributed by atoms with Gasteiger partial charge in [0.05, 0.1) is 6.26 Å². The van der Waals surface area contributed by atoms with Crippen LogP contribution in [0.1, 0.15) is 44.5 Å². The van der Waals surface area contributed by atoms with Crippen molar-refractivity contribution in [2.24, 2.45) is 5.92 Å². The van der Waals surface area contributed by atoms with Gasteiger partial charge in [-0.3, -0.25) is 0 Å². The van der Waals surface area contributed by atoms with Gasteiger partial charge in [0, 0.05) is 6.61 Å². The maximum atomic E-state index is 5.77. The zero-order chi connectivity index (χ0) is 11.9. The average molecular weight is 237 g/mol. The predicted octanol–water partition coefficient (Wildman–Crippen LogP) is 3.14. The molecule has 96 valence electrons. The normalized spacial score (nSPS) is 19.4. The van der Waals surface area contributed by atoms with E-state index in [1.807, 2.05) is 19.1 Å². The molecule has 0 spiro atoms. The fourth-order valence-electron chi connectivity index (χ4n) is 2.41. The molecule has 17 heavy (non-hydrogen) atoms. The van der Waals surface area contributed by atoms with Gasteiger partial charge in [-0.2, -0.15) is 0 Å². The number of rotatable bonds is 6. The lowest BCUT2D eigenvalue weighted by molar-refractivity contribution is 0.0458. The second-order valence-electron chi connectivity index (χ2n) is 4.86. The Morgan fingerprint density at radius 3 is 3.00 bits per heavy atom. The van der Waals surface area contributed by atoms with Gasteiger partial charge in [0.15, 0.2) is 0 Å². The Kier molecular flexibility index (Phi) is 5.08. The Bertz CT molecular complexity index is 291. The van der Waals surface area contributed by atoms with E-state index in [2.05, 4.69) is 5.32 Å². The van der Waals surface area contributed by atoms with E-state index in [0.29, 0.717) is 0 Å². The third-order valence-corrected chi connectivity index (χ3v) is 3.53. The largest absolute Gasteiger partial charge is 0.467 e. The molecule has 0 aromatic carbocycles. The summed E-state index contributed by atoms with van der Waals surface area (Å²) < 4.78 is 11.1. The molecule has 0 amide bonds. The first kappa shape index (κ1) is 12.7. The minimum Gasteiger partial charge on any atom is -0.467 e. The van der Waals surface area contributed by atoms with Gasteiger partial charge in [0.25, 0.3) is 0 Å². The summed E-state index contributed by atoms with van der Waals surface area (Å²) in [6.45, 7) is 5.26. The minimum absolute atomic E-state index is 0.0815. The summed E-state index contributed by atoms with van der Waals surface area (Å²) in [5.74, 6) is 1.82. The van der Waals surface area contributed by atoms with Crippen molar-refractivity contribution < 1.29 is 9.15 Å². The zero-order valence-electron chi connectivity index (χ0n) is 10.7. The van der Waals surface area contributed by atoms with Crippen LogP contribution in [0.25, 0.3) is 0 Å². The average Bonchev–Trinajstić information content (AvgIpc) is 2.89. The number of ether oxygens (including phenoxy) is 1. The molecule has 1 N–H and O–H groups in total. The van der Waals surface area contributed by atoms with Crippen molar-refractivity contribution in [1.29, 1.82) is 0 Å². The van der Waals surface area contributed by atoms with Crippen LogP contribution >= 0.6 is 0 Å². The highest BCUT2D eigenvalue weighted by molar-refractivity contribution is 5.00. The van der Waals surface area contributed by atoms with Gasteiger partial charge in [0.2, 0.25) is 0 Å². The van der Waals surface area contributed by atoms with Crippen LogP contribution in [-0.2, 0) is 4.74 Å². The van der Waals surface area contributed by atoms with Gasteiger partial charge in [-0.1, -0.05) is 0 Å². The summed E-state index contributed by atoms with van der Waals surface area (Å²) in [6, 6.07) is 3.88. The second kappa shape index (κ2) is 6.82. The van der Waals surface area contributed by atoms with Crippen LogP contribution in [0.4, 0.5) is 0 Å². The van der Waals surface area contributed by atoms with Crippen LogP contribution in [0.5, 0.6) is 0 Å². The zero-order valence-corrected chi connectivity index (χ0v) is 10.7. The van der Waals surface area contributed by atoms with E-state index in [4.69, 9.17) is 9.15 Å². The Morgan fingerprint density at radius 2 is 2.29 bits per heavy atom. The summed E-state index contributed by atoms with van der Waals surface area (Å²) in [4.78, 5) is 0. The van der Waals surface area contributed by atoms with Gasteiger partial charge in [-0.05, 0) is 63.7 Å². The van der Waals surface area contributed by atoms with Crippen molar-refractivity contribution in [2.45, 2.75) is 38.7 Å². The Labute approximate surface area is 104 Å². The third-order valence-electron chi connectivity index (χ3n) is 3.53. The molecule has 0 bridgehead atoms. The molecule has 1 aromatic rings. The number of piperidine rings is 1. The maximum absolute atomic E-state index is 5.77. The fourth-order valence-corrected chi connectivity index (χ4v) is 2.41. The van der Waals surface area contributed by atoms with E-state index in [1.54, 1.807) is 6.26 Å². The predicted molar refractivity (Wildman–Crippen MR) is 67.9 cm³/mol. The molecule has 2 heterocycles. The fraction of sp³-hybridized carbons (Fsp3) is 0.714. The lowest BCUT2D eigenvalue weighted by Crippen LogP contribution is -2.27. The molecule has 0 radical (unpaired) electrons. The smallest absolute Gasteiger partial charge is 0.132 e. The molecule has 3 heteroatoms. The summed E-state index contributed by atoms with van der Waals surface area (Å²) in [7, 11) is 0.